The minimum absolute atomic E-state index is 0.0232. The number of nitrogens with zero attached hydrogens (tertiary/aromatic N) is 1. The lowest BCUT2D eigenvalue weighted by Crippen LogP contribution is -2.50. The van der Waals surface area contributed by atoms with Crippen LogP contribution in [0.15, 0.2) is 0 Å². The van der Waals surface area contributed by atoms with E-state index in [9.17, 15) is 9.59 Å². The molecular formula is C20H34N2O4. The van der Waals surface area contributed by atoms with Gasteiger partial charge in [0.05, 0.1) is 18.8 Å². The van der Waals surface area contributed by atoms with Crippen LogP contribution >= 0.6 is 0 Å². The molecule has 3 aliphatic rings. The number of piperidine rings is 2. The zero-order chi connectivity index (χ0) is 18.5. The maximum atomic E-state index is 12.9. The summed E-state index contributed by atoms with van der Waals surface area (Å²) in [4.78, 5) is 26.8. The van der Waals surface area contributed by atoms with Crippen molar-refractivity contribution in [2.24, 2.45) is 11.8 Å². The fraction of sp³-hybridized carbons (Fsp3) is 0.900. The lowest BCUT2D eigenvalue weighted by Gasteiger charge is -2.37. The molecule has 0 aromatic carbocycles. The molecule has 1 N–H and O–H groups in total. The predicted molar refractivity (Wildman–Crippen MR) is 98.6 cm³/mol. The highest BCUT2D eigenvalue weighted by Crippen LogP contribution is 2.25. The van der Waals surface area contributed by atoms with E-state index >= 15 is 0 Å². The van der Waals surface area contributed by atoms with Gasteiger partial charge < -0.3 is 19.7 Å². The van der Waals surface area contributed by atoms with Gasteiger partial charge in [0.1, 0.15) is 0 Å². The van der Waals surface area contributed by atoms with Crippen LogP contribution in [0.5, 0.6) is 0 Å². The number of hydrogen-bond donors (Lipinski definition) is 1. The number of ether oxygens (including phenoxy) is 2. The lowest BCUT2D eigenvalue weighted by atomic mass is 9.86. The number of rotatable bonds is 6. The molecule has 6 heteroatoms. The maximum Gasteiger partial charge on any atom is 0.226 e. The van der Waals surface area contributed by atoms with Gasteiger partial charge in [-0.3, -0.25) is 9.59 Å². The molecule has 3 saturated heterocycles. The Hall–Kier alpha value is -1.14. The Labute approximate surface area is 157 Å². The first-order chi connectivity index (χ1) is 12.5. The third-order valence-electron chi connectivity index (χ3n) is 5.77. The van der Waals surface area contributed by atoms with E-state index in [1.54, 1.807) is 0 Å². The van der Waals surface area contributed by atoms with Crippen LogP contribution in [0.4, 0.5) is 0 Å². The van der Waals surface area contributed by atoms with Crippen molar-refractivity contribution in [3.05, 3.63) is 0 Å². The van der Waals surface area contributed by atoms with Crippen LogP contribution in [0.1, 0.15) is 58.8 Å². The Bertz CT molecular complexity index is 482. The number of amides is 2. The second-order valence-corrected chi connectivity index (χ2v) is 8.52. The number of likely N-dealkylation sites (tertiary alicyclic amines) is 1. The number of hydrogen-bond acceptors (Lipinski definition) is 4. The van der Waals surface area contributed by atoms with E-state index in [1.165, 1.54) is 0 Å². The maximum absolute atomic E-state index is 12.9. The highest BCUT2D eigenvalue weighted by Gasteiger charge is 2.35. The summed E-state index contributed by atoms with van der Waals surface area (Å²) in [5.74, 6) is 0.545. The van der Waals surface area contributed by atoms with E-state index in [2.05, 4.69) is 19.2 Å². The average molecular weight is 367 g/mol. The second kappa shape index (κ2) is 9.18. The summed E-state index contributed by atoms with van der Waals surface area (Å²) in [6.45, 7) is 7.31. The molecular weight excluding hydrogens is 332 g/mol. The molecule has 0 radical (unpaired) electrons. The average Bonchev–Trinajstić information content (AvgIpc) is 3.12. The van der Waals surface area contributed by atoms with E-state index in [-0.39, 0.29) is 36.0 Å². The Morgan fingerprint density at radius 3 is 2.73 bits per heavy atom. The molecule has 3 heterocycles. The van der Waals surface area contributed by atoms with Crippen molar-refractivity contribution in [3.8, 4) is 0 Å². The zero-order valence-electron chi connectivity index (χ0n) is 16.2. The van der Waals surface area contributed by atoms with Crippen LogP contribution in [-0.4, -0.2) is 61.3 Å². The second-order valence-electron chi connectivity index (χ2n) is 8.52. The van der Waals surface area contributed by atoms with Crippen LogP contribution in [0, 0.1) is 11.8 Å². The van der Waals surface area contributed by atoms with Crippen molar-refractivity contribution in [2.45, 2.75) is 77.0 Å². The molecule has 3 aliphatic heterocycles. The van der Waals surface area contributed by atoms with Gasteiger partial charge in [-0.1, -0.05) is 13.8 Å². The highest BCUT2D eigenvalue weighted by molar-refractivity contribution is 5.87. The first-order valence-corrected chi connectivity index (χ1v) is 10.3. The standard InChI is InChI=1S/C20H34N2O4/c1-14(2)10-16-11-15(12-19(23)21-16)20(24)22-7-5-17(6-8-22)26-13-18-4-3-9-25-18/h14-18H,3-13H2,1-2H3,(H,21,23)/t15-,16+,18-/m0/s1. The Kier molecular flexibility index (Phi) is 6.92. The zero-order valence-corrected chi connectivity index (χ0v) is 16.2. The SMILES string of the molecule is CC(C)C[C@@H]1C[C@H](C(=O)N2CCC(OC[C@@H]3CCCO3)CC2)CC(=O)N1. The Morgan fingerprint density at radius 1 is 1.31 bits per heavy atom. The third-order valence-corrected chi connectivity index (χ3v) is 5.77. The van der Waals surface area contributed by atoms with Gasteiger partial charge in [-0.05, 0) is 44.4 Å². The minimum Gasteiger partial charge on any atom is -0.376 e. The Balaban J connectivity index is 1.42. The van der Waals surface area contributed by atoms with Crippen molar-refractivity contribution in [1.29, 1.82) is 0 Å². The van der Waals surface area contributed by atoms with Gasteiger partial charge in [0.2, 0.25) is 11.8 Å². The largest absolute Gasteiger partial charge is 0.376 e. The van der Waals surface area contributed by atoms with Gasteiger partial charge in [-0.15, -0.1) is 0 Å². The molecule has 148 valence electrons. The molecule has 3 rings (SSSR count). The molecule has 0 aromatic heterocycles. The Morgan fingerprint density at radius 2 is 2.08 bits per heavy atom. The molecule has 0 bridgehead atoms. The highest BCUT2D eigenvalue weighted by atomic mass is 16.5. The van der Waals surface area contributed by atoms with E-state index in [0.29, 0.717) is 18.9 Å². The number of carbonyl (C=O) groups excluding carboxylic acids is 2. The van der Waals surface area contributed by atoms with Crippen LogP contribution in [0.25, 0.3) is 0 Å². The molecule has 0 spiro atoms. The first kappa shape index (κ1) is 19.6. The fourth-order valence-corrected chi connectivity index (χ4v) is 4.43. The molecule has 3 fully saturated rings. The van der Waals surface area contributed by atoms with Crippen LogP contribution < -0.4 is 5.32 Å². The van der Waals surface area contributed by atoms with E-state index in [4.69, 9.17) is 9.47 Å². The molecule has 2 amide bonds. The van der Waals surface area contributed by atoms with E-state index in [1.807, 2.05) is 4.90 Å². The predicted octanol–water partition coefficient (Wildman–Crippen LogP) is 2.11. The molecule has 6 nitrogen and oxygen atoms in total. The summed E-state index contributed by atoms with van der Waals surface area (Å²) in [5, 5.41) is 3.04. The van der Waals surface area contributed by atoms with E-state index < -0.39 is 0 Å². The summed E-state index contributed by atoms with van der Waals surface area (Å²) in [6.07, 6.45) is 6.53. The van der Waals surface area contributed by atoms with Gasteiger partial charge in [-0.2, -0.15) is 0 Å². The monoisotopic (exact) mass is 366 g/mol. The first-order valence-electron chi connectivity index (χ1n) is 10.3. The lowest BCUT2D eigenvalue weighted by molar-refractivity contribution is -0.143. The number of carbonyl (C=O) groups is 2. The molecule has 0 aliphatic carbocycles. The summed E-state index contributed by atoms with van der Waals surface area (Å²) in [6, 6.07) is 0.137. The van der Waals surface area contributed by atoms with Gasteiger partial charge in [0, 0.05) is 38.1 Å². The summed E-state index contributed by atoms with van der Waals surface area (Å²) in [5.41, 5.74) is 0. The third kappa shape index (κ3) is 5.43. The van der Waals surface area contributed by atoms with Gasteiger partial charge in [0.15, 0.2) is 0 Å². The van der Waals surface area contributed by atoms with Crippen LogP contribution in [0.2, 0.25) is 0 Å². The van der Waals surface area contributed by atoms with E-state index in [0.717, 1.165) is 58.2 Å². The minimum atomic E-state index is -0.156. The van der Waals surface area contributed by atoms with Crippen LogP contribution in [0.3, 0.4) is 0 Å². The number of nitrogens with one attached hydrogen (secondary N) is 1. The van der Waals surface area contributed by atoms with Crippen molar-refractivity contribution >= 4 is 11.8 Å². The van der Waals surface area contributed by atoms with Crippen molar-refractivity contribution in [3.63, 3.8) is 0 Å². The van der Waals surface area contributed by atoms with Crippen molar-refractivity contribution in [2.75, 3.05) is 26.3 Å². The smallest absolute Gasteiger partial charge is 0.226 e. The quantitative estimate of drug-likeness (QED) is 0.782. The molecule has 0 saturated carbocycles. The summed E-state index contributed by atoms with van der Waals surface area (Å²) in [7, 11) is 0. The fourth-order valence-electron chi connectivity index (χ4n) is 4.43. The van der Waals surface area contributed by atoms with Crippen LogP contribution in [-0.2, 0) is 19.1 Å². The van der Waals surface area contributed by atoms with Crippen molar-refractivity contribution in [1.82, 2.24) is 10.2 Å². The van der Waals surface area contributed by atoms with Crippen molar-refractivity contribution < 1.29 is 19.1 Å². The van der Waals surface area contributed by atoms with Gasteiger partial charge >= 0.3 is 0 Å². The summed E-state index contributed by atoms with van der Waals surface area (Å²) < 4.78 is 11.6. The van der Waals surface area contributed by atoms with Gasteiger partial charge in [-0.25, -0.2) is 0 Å². The summed E-state index contributed by atoms with van der Waals surface area (Å²) >= 11 is 0. The molecule has 0 aromatic rings. The van der Waals surface area contributed by atoms with Gasteiger partial charge in [0.25, 0.3) is 0 Å². The molecule has 0 unspecified atom stereocenters. The normalized spacial score (nSPS) is 30.7. The molecule has 3 atom stereocenters. The molecule has 26 heavy (non-hydrogen) atoms. The topological polar surface area (TPSA) is 67.9 Å².